The van der Waals surface area contributed by atoms with Crippen molar-refractivity contribution in [2.75, 3.05) is 19.8 Å². The molecule has 3 heterocycles. The van der Waals surface area contributed by atoms with Gasteiger partial charge in [-0.25, -0.2) is 0 Å². The topological polar surface area (TPSA) is 96.4 Å². The highest BCUT2D eigenvalue weighted by Crippen LogP contribution is 2.64. The lowest BCUT2D eigenvalue weighted by atomic mass is 9.66. The second-order valence-corrected chi connectivity index (χ2v) is 14.2. The number of hydrogen-bond donors (Lipinski definition) is 1. The number of fused-ring (bicyclic) bond motifs is 1. The largest absolute Gasteiger partial charge is 0.461 e. The second kappa shape index (κ2) is 11.6. The van der Waals surface area contributed by atoms with Crippen LogP contribution in [0.4, 0.5) is 0 Å². The van der Waals surface area contributed by atoms with E-state index in [1.807, 2.05) is 51.1 Å². The molecule has 8 nitrogen and oxygen atoms in total. The van der Waals surface area contributed by atoms with Gasteiger partial charge in [-0.05, 0) is 57.4 Å². The Balaban J connectivity index is 1.85. The molecule has 6 atom stereocenters. The Labute approximate surface area is 250 Å². The van der Waals surface area contributed by atoms with Crippen LogP contribution in [-0.2, 0) is 30.3 Å². The molecule has 3 saturated heterocycles. The van der Waals surface area contributed by atoms with Gasteiger partial charge in [-0.15, -0.1) is 6.58 Å². The first kappa shape index (κ1) is 32.0. The molecule has 0 saturated carbocycles. The van der Waals surface area contributed by atoms with Crippen LogP contribution < -0.4 is 0 Å². The van der Waals surface area contributed by atoms with Gasteiger partial charge in [0, 0.05) is 12.1 Å². The summed E-state index contributed by atoms with van der Waals surface area (Å²) in [5, 5.41) is 10.7. The van der Waals surface area contributed by atoms with Crippen LogP contribution in [0.5, 0.6) is 0 Å². The predicted molar refractivity (Wildman–Crippen MR) is 161 cm³/mol. The van der Waals surface area contributed by atoms with E-state index < -0.39 is 46.6 Å². The lowest BCUT2D eigenvalue weighted by Crippen LogP contribution is -2.62. The van der Waals surface area contributed by atoms with Crippen molar-refractivity contribution < 1.29 is 29.0 Å². The highest BCUT2D eigenvalue weighted by atomic mass is 16.6. The molecule has 3 aliphatic rings. The molecule has 1 spiro atoms. The Morgan fingerprint density at radius 3 is 2.40 bits per heavy atom. The van der Waals surface area contributed by atoms with Crippen LogP contribution in [0.2, 0.25) is 0 Å². The van der Waals surface area contributed by atoms with Crippen molar-refractivity contribution in [3.8, 4) is 0 Å². The van der Waals surface area contributed by atoms with Crippen molar-refractivity contribution in [2.24, 2.45) is 17.3 Å². The van der Waals surface area contributed by atoms with Gasteiger partial charge in [0.15, 0.2) is 0 Å². The van der Waals surface area contributed by atoms with Gasteiger partial charge >= 0.3 is 5.97 Å². The van der Waals surface area contributed by atoms with Gasteiger partial charge < -0.3 is 24.4 Å². The van der Waals surface area contributed by atoms with E-state index >= 15 is 0 Å². The molecule has 4 rings (SSSR count). The van der Waals surface area contributed by atoms with Gasteiger partial charge in [0.1, 0.15) is 24.2 Å². The number of esters is 1. The Bertz CT molecular complexity index is 1210. The van der Waals surface area contributed by atoms with Crippen LogP contribution >= 0.6 is 0 Å². The van der Waals surface area contributed by atoms with E-state index in [2.05, 4.69) is 33.9 Å². The first-order valence-corrected chi connectivity index (χ1v) is 15.0. The minimum atomic E-state index is -1.22. The lowest BCUT2D eigenvalue weighted by molar-refractivity contribution is -0.162. The number of likely N-dealkylation sites (tertiary alicyclic amines) is 1. The average molecular weight is 581 g/mol. The van der Waals surface area contributed by atoms with Crippen molar-refractivity contribution in [2.45, 2.75) is 96.1 Å². The molecule has 3 aliphatic heterocycles. The van der Waals surface area contributed by atoms with Crippen molar-refractivity contribution >= 4 is 17.8 Å². The maximum absolute atomic E-state index is 15.0. The van der Waals surface area contributed by atoms with Crippen LogP contribution in [0, 0.1) is 17.3 Å². The summed E-state index contributed by atoms with van der Waals surface area (Å²) in [6.45, 7) is 19.9. The second-order valence-electron chi connectivity index (χ2n) is 14.2. The standard InChI is InChI=1S/C34H48N2O6/c1-9-18-35(32(6,7)22-31(3,4)5)29(39)27-34-17-16-33(8,42-34)26(30(40)41-19-10-2)25(34)28(38)36(27)24(21-37)20-23-14-12-11-13-15-23/h9-15,24-27,37H,1-2,16-22H2,3-8H3/t24-,25+,26+,27?,33-,34?/m1/s1. The first-order chi connectivity index (χ1) is 19.7. The fourth-order valence-electron chi connectivity index (χ4n) is 8.07. The summed E-state index contributed by atoms with van der Waals surface area (Å²) in [5.41, 5.74) is -1.89. The molecule has 1 aromatic rings. The number of nitrogens with zero attached hydrogens (tertiary/aromatic N) is 2. The molecular formula is C34H48N2O6. The highest BCUT2D eigenvalue weighted by Gasteiger charge is 2.79. The molecule has 1 aromatic carbocycles. The molecule has 2 unspecified atom stereocenters. The number of aliphatic hydroxyl groups is 1. The maximum atomic E-state index is 15.0. The zero-order chi connectivity index (χ0) is 31.1. The van der Waals surface area contributed by atoms with Crippen LogP contribution in [-0.4, -0.2) is 81.3 Å². The first-order valence-electron chi connectivity index (χ1n) is 15.0. The normalized spacial score (nSPS) is 29.3. The number of benzene rings is 1. The minimum Gasteiger partial charge on any atom is -0.461 e. The van der Waals surface area contributed by atoms with Crippen molar-refractivity contribution in [3.63, 3.8) is 0 Å². The maximum Gasteiger partial charge on any atom is 0.313 e. The summed E-state index contributed by atoms with van der Waals surface area (Å²) in [6.07, 6.45) is 5.21. The van der Waals surface area contributed by atoms with E-state index in [9.17, 15) is 19.5 Å². The summed E-state index contributed by atoms with van der Waals surface area (Å²) < 4.78 is 12.3. The fourth-order valence-corrected chi connectivity index (χ4v) is 8.07. The lowest BCUT2D eigenvalue weighted by Gasteiger charge is -2.46. The molecule has 2 amide bonds. The smallest absolute Gasteiger partial charge is 0.313 e. The minimum absolute atomic E-state index is 0.0206. The zero-order valence-corrected chi connectivity index (χ0v) is 26.1. The van der Waals surface area contributed by atoms with E-state index in [0.29, 0.717) is 25.7 Å². The predicted octanol–water partition coefficient (Wildman–Crippen LogP) is 4.31. The van der Waals surface area contributed by atoms with Crippen molar-refractivity contribution in [3.05, 3.63) is 61.2 Å². The summed E-state index contributed by atoms with van der Waals surface area (Å²) in [7, 11) is 0. The van der Waals surface area contributed by atoms with E-state index in [-0.39, 0.29) is 37.0 Å². The molecule has 8 heteroatoms. The molecule has 0 radical (unpaired) electrons. The SMILES string of the molecule is C=CCOC(=O)[C@@H]1[C@H]2C(=O)N([C@@H](CO)Cc3ccccc3)C(C(=O)N(CC=C)C(C)(C)CC(C)(C)C)C23CC[C@@]1(C)O3. The van der Waals surface area contributed by atoms with E-state index in [1.165, 1.54) is 6.08 Å². The van der Waals surface area contributed by atoms with Crippen LogP contribution in [0.3, 0.4) is 0 Å². The van der Waals surface area contributed by atoms with Crippen LogP contribution in [0.25, 0.3) is 0 Å². The zero-order valence-electron chi connectivity index (χ0n) is 26.1. The van der Waals surface area contributed by atoms with Crippen molar-refractivity contribution in [1.29, 1.82) is 0 Å². The quantitative estimate of drug-likeness (QED) is 0.292. The van der Waals surface area contributed by atoms with E-state index in [4.69, 9.17) is 9.47 Å². The summed E-state index contributed by atoms with van der Waals surface area (Å²) >= 11 is 0. The Morgan fingerprint density at radius 2 is 1.83 bits per heavy atom. The highest BCUT2D eigenvalue weighted by molar-refractivity contribution is 5.99. The van der Waals surface area contributed by atoms with Gasteiger partial charge in [0.05, 0.1) is 24.2 Å². The number of rotatable bonds is 12. The van der Waals surface area contributed by atoms with Crippen molar-refractivity contribution in [1.82, 2.24) is 9.80 Å². The van der Waals surface area contributed by atoms with Gasteiger partial charge in [0.25, 0.3) is 0 Å². The van der Waals surface area contributed by atoms with Gasteiger partial charge in [-0.3, -0.25) is 14.4 Å². The molecule has 42 heavy (non-hydrogen) atoms. The molecule has 0 aromatic heterocycles. The molecule has 1 N–H and O–H groups in total. The number of amides is 2. The molecule has 230 valence electrons. The third-order valence-electron chi connectivity index (χ3n) is 9.24. The molecule has 2 bridgehead atoms. The summed E-state index contributed by atoms with van der Waals surface area (Å²) in [5.74, 6) is -2.89. The number of carbonyl (C=O) groups excluding carboxylic acids is 3. The molecule has 3 fully saturated rings. The van der Waals surface area contributed by atoms with E-state index in [1.54, 1.807) is 15.9 Å². The third-order valence-corrected chi connectivity index (χ3v) is 9.24. The average Bonchev–Trinajstić information content (AvgIpc) is 3.48. The number of hydrogen-bond acceptors (Lipinski definition) is 6. The van der Waals surface area contributed by atoms with Gasteiger partial charge in [-0.1, -0.05) is 69.8 Å². The monoisotopic (exact) mass is 580 g/mol. The number of ether oxygens (including phenoxy) is 2. The number of carbonyl (C=O) groups is 3. The van der Waals surface area contributed by atoms with Gasteiger partial charge in [0.2, 0.25) is 11.8 Å². The van der Waals surface area contributed by atoms with Crippen LogP contribution in [0.15, 0.2) is 55.6 Å². The molecular weight excluding hydrogens is 532 g/mol. The Hall–Kier alpha value is -2.97. The Morgan fingerprint density at radius 1 is 1.17 bits per heavy atom. The number of aliphatic hydroxyl groups excluding tert-OH is 1. The summed E-state index contributed by atoms with van der Waals surface area (Å²) in [6, 6.07) is 7.89. The summed E-state index contributed by atoms with van der Waals surface area (Å²) in [4.78, 5) is 46.4. The van der Waals surface area contributed by atoms with Gasteiger partial charge in [-0.2, -0.15) is 0 Å². The Kier molecular flexibility index (Phi) is 8.83. The third kappa shape index (κ3) is 5.55. The van der Waals surface area contributed by atoms with E-state index in [0.717, 1.165) is 5.56 Å². The molecule has 0 aliphatic carbocycles. The van der Waals surface area contributed by atoms with Crippen LogP contribution in [0.1, 0.15) is 66.4 Å². The fraction of sp³-hybridized carbons (Fsp3) is 0.618.